The van der Waals surface area contributed by atoms with Crippen LogP contribution < -0.4 is 10.5 Å². The highest BCUT2D eigenvalue weighted by Gasteiger charge is 2.19. The number of aryl methyl sites for hydroxylation is 2. The van der Waals surface area contributed by atoms with Gasteiger partial charge < -0.3 is 10.5 Å². The Morgan fingerprint density at radius 3 is 2.55 bits per heavy atom. The topological polar surface area (TPSA) is 52.3 Å². The minimum Gasteiger partial charge on any atom is -0.496 e. The van der Waals surface area contributed by atoms with E-state index in [0.29, 0.717) is 22.6 Å². The Balaban J connectivity index is 2.46. The zero-order valence-corrected chi connectivity index (χ0v) is 13.1. The summed E-state index contributed by atoms with van der Waals surface area (Å²) in [5.74, 6) is -0.428. The van der Waals surface area contributed by atoms with E-state index in [1.54, 1.807) is 19.1 Å². The van der Waals surface area contributed by atoms with E-state index in [1.165, 1.54) is 19.2 Å². The van der Waals surface area contributed by atoms with Gasteiger partial charge in [0.25, 0.3) is 0 Å². The van der Waals surface area contributed by atoms with E-state index in [4.69, 9.17) is 10.5 Å². The number of carbonyl (C=O) groups excluding carboxylic acids is 1. The molecule has 0 aromatic heterocycles. The van der Waals surface area contributed by atoms with Gasteiger partial charge >= 0.3 is 0 Å². The maximum Gasteiger partial charge on any atom is 0.198 e. The summed E-state index contributed by atoms with van der Waals surface area (Å²) in [7, 11) is 1.46. The highest BCUT2D eigenvalue weighted by molar-refractivity contribution is 6.13. The average Bonchev–Trinajstić information content (AvgIpc) is 2.49. The summed E-state index contributed by atoms with van der Waals surface area (Å²) in [6.07, 6.45) is 1.91. The van der Waals surface area contributed by atoms with Crippen molar-refractivity contribution < 1.29 is 13.9 Å². The number of halogens is 1. The van der Waals surface area contributed by atoms with Crippen LogP contribution in [0.15, 0.2) is 30.3 Å². The quantitative estimate of drug-likeness (QED) is 0.673. The van der Waals surface area contributed by atoms with Crippen LogP contribution in [0.1, 0.15) is 40.4 Å². The number of methoxy groups -OCH3 is 1. The van der Waals surface area contributed by atoms with Gasteiger partial charge in [0.1, 0.15) is 11.6 Å². The van der Waals surface area contributed by atoms with E-state index in [0.717, 1.165) is 18.4 Å². The molecule has 0 atom stereocenters. The van der Waals surface area contributed by atoms with Gasteiger partial charge in [-0.2, -0.15) is 0 Å². The number of nitrogen functional groups attached to an aromatic ring is 1. The van der Waals surface area contributed by atoms with E-state index < -0.39 is 5.82 Å². The first-order chi connectivity index (χ1) is 10.5. The smallest absolute Gasteiger partial charge is 0.198 e. The van der Waals surface area contributed by atoms with Gasteiger partial charge in [0.05, 0.1) is 12.7 Å². The van der Waals surface area contributed by atoms with E-state index in [9.17, 15) is 9.18 Å². The second-order valence-electron chi connectivity index (χ2n) is 5.30. The first-order valence-corrected chi connectivity index (χ1v) is 7.25. The lowest BCUT2D eigenvalue weighted by molar-refractivity contribution is 0.103. The SMILES string of the molecule is CCCc1ccc(C(=O)c2cc(F)c(C)cc2OC)c(N)c1. The van der Waals surface area contributed by atoms with E-state index >= 15 is 0 Å². The van der Waals surface area contributed by atoms with Crippen LogP contribution in [0.5, 0.6) is 5.75 Å². The lowest BCUT2D eigenvalue weighted by Crippen LogP contribution is -2.08. The number of hydrogen-bond acceptors (Lipinski definition) is 3. The van der Waals surface area contributed by atoms with Gasteiger partial charge in [-0.05, 0) is 48.7 Å². The van der Waals surface area contributed by atoms with Crippen LogP contribution in [0.4, 0.5) is 10.1 Å². The molecule has 22 heavy (non-hydrogen) atoms. The van der Waals surface area contributed by atoms with Gasteiger partial charge in [0.2, 0.25) is 0 Å². The van der Waals surface area contributed by atoms with Gasteiger partial charge in [-0.25, -0.2) is 4.39 Å². The summed E-state index contributed by atoms with van der Waals surface area (Å²) in [5.41, 5.74) is 8.45. The summed E-state index contributed by atoms with van der Waals surface area (Å²) >= 11 is 0. The highest BCUT2D eigenvalue weighted by Crippen LogP contribution is 2.27. The van der Waals surface area contributed by atoms with Crippen LogP contribution in [0.2, 0.25) is 0 Å². The summed E-state index contributed by atoms with van der Waals surface area (Å²) < 4.78 is 19.0. The molecule has 0 aliphatic rings. The van der Waals surface area contributed by atoms with Crippen molar-refractivity contribution >= 4 is 11.5 Å². The lowest BCUT2D eigenvalue weighted by Gasteiger charge is -2.12. The number of ketones is 1. The Morgan fingerprint density at radius 2 is 1.95 bits per heavy atom. The summed E-state index contributed by atoms with van der Waals surface area (Å²) in [5, 5.41) is 0. The summed E-state index contributed by atoms with van der Waals surface area (Å²) in [4.78, 5) is 12.7. The van der Waals surface area contributed by atoms with Gasteiger partial charge in [-0.15, -0.1) is 0 Å². The first kappa shape index (κ1) is 16.0. The number of rotatable bonds is 5. The van der Waals surface area contributed by atoms with Crippen molar-refractivity contribution in [1.29, 1.82) is 0 Å². The first-order valence-electron chi connectivity index (χ1n) is 7.25. The third-order valence-corrected chi connectivity index (χ3v) is 3.62. The van der Waals surface area contributed by atoms with Crippen LogP contribution in [-0.4, -0.2) is 12.9 Å². The third-order valence-electron chi connectivity index (χ3n) is 3.62. The van der Waals surface area contributed by atoms with E-state index in [-0.39, 0.29) is 11.3 Å². The van der Waals surface area contributed by atoms with E-state index in [2.05, 4.69) is 6.92 Å². The second-order valence-corrected chi connectivity index (χ2v) is 5.30. The molecule has 0 heterocycles. The molecule has 0 aliphatic heterocycles. The molecular weight excluding hydrogens is 281 g/mol. The number of nitrogens with two attached hydrogens (primary N) is 1. The second kappa shape index (κ2) is 6.60. The summed E-state index contributed by atoms with van der Waals surface area (Å²) in [6, 6.07) is 8.10. The minimum absolute atomic E-state index is 0.181. The monoisotopic (exact) mass is 301 g/mol. The molecule has 2 N–H and O–H groups in total. The third kappa shape index (κ3) is 3.11. The number of hydrogen-bond donors (Lipinski definition) is 1. The predicted octanol–water partition coefficient (Wildman–Crippen LogP) is 3.91. The Morgan fingerprint density at radius 1 is 1.23 bits per heavy atom. The molecule has 0 fully saturated rings. The van der Waals surface area contributed by atoms with Crippen molar-refractivity contribution in [3.05, 3.63) is 58.4 Å². The fourth-order valence-corrected chi connectivity index (χ4v) is 2.41. The normalized spacial score (nSPS) is 10.5. The molecule has 0 spiro atoms. The molecule has 2 aromatic rings. The van der Waals surface area contributed by atoms with Crippen LogP contribution >= 0.6 is 0 Å². The van der Waals surface area contributed by atoms with Gasteiger partial charge in [-0.3, -0.25) is 4.79 Å². The Labute approximate surface area is 129 Å². The fraction of sp³-hybridized carbons (Fsp3) is 0.278. The van der Waals surface area contributed by atoms with Crippen LogP contribution in [0.25, 0.3) is 0 Å². The molecule has 116 valence electrons. The zero-order valence-electron chi connectivity index (χ0n) is 13.1. The Bertz CT molecular complexity index is 710. The molecule has 0 aliphatic carbocycles. The maximum atomic E-state index is 13.8. The zero-order chi connectivity index (χ0) is 16.3. The van der Waals surface area contributed by atoms with Crippen molar-refractivity contribution in [2.75, 3.05) is 12.8 Å². The number of benzene rings is 2. The standard InChI is InChI=1S/C18H20FNO2/c1-4-5-12-6-7-13(16(20)9-12)18(21)14-10-15(19)11(2)8-17(14)22-3/h6-10H,4-5,20H2,1-3H3. The highest BCUT2D eigenvalue weighted by atomic mass is 19.1. The molecule has 0 unspecified atom stereocenters. The molecule has 0 radical (unpaired) electrons. The van der Waals surface area contributed by atoms with Crippen molar-refractivity contribution in [2.45, 2.75) is 26.7 Å². The molecule has 3 nitrogen and oxygen atoms in total. The van der Waals surface area contributed by atoms with Gasteiger partial charge in [0, 0.05) is 11.3 Å². The Kier molecular flexibility index (Phi) is 4.81. The average molecular weight is 301 g/mol. The van der Waals surface area contributed by atoms with Crippen LogP contribution in [0, 0.1) is 12.7 Å². The predicted molar refractivity (Wildman–Crippen MR) is 86.0 cm³/mol. The van der Waals surface area contributed by atoms with Crippen molar-refractivity contribution in [3.8, 4) is 5.75 Å². The van der Waals surface area contributed by atoms with Gasteiger partial charge in [0.15, 0.2) is 5.78 Å². The molecule has 4 heteroatoms. The molecule has 0 saturated heterocycles. The molecule has 2 rings (SSSR count). The van der Waals surface area contributed by atoms with Crippen LogP contribution in [-0.2, 0) is 6.42 Å². The Hall–Kier alpha value is -2.36. The largest absolute Gasteiger partial charge is 0.496 e. The molecular formula is C18H20FNO2. The minimum atomic E-state index is -0.440. The van der Waals surface area contributed by atoms with Crippen LogP contribution in [0.3, 0.4) is 0 Å². The molecule has 0 amide bonds. The fourth-order valence-electron chi connectivity index (χ4n) is 2.41. The summed E-state index contributed by atoms with van der Waals surface area (Å²) in [6.45, 7) is 3.70. The number of carbonyl (C=O) groups is 1. The van der Waals surface area contributed by atoms with E-state index in [1.807, 2.05) is 6.07 Å². The number of anilines is 1. The molecule has 2 aromatic carbocycles. The maximum absolute atomic E-state index is 13.8. The van der Waals surface area contributed by atoms with Crippen molar-refractivity contribution in [2.24, 2.45) is 0 Å². The van der Waals surface area contributed by atoms with Crippen molar-refractivity contribution in [3.63, 3.8) is 0 Å². The molecule has 0 saturated carbocycles. The lowest BCUT2D eigenvalue weighted by atomic mass is 9.97. The molecule has 0 bridgehead atoms. The number of ether oxygens (including phenoxy) is 1. The van der Waals surface area contributed by atoms with Gasteiger partial charge in [-0.1, -0.05) is 19.4 Å². The van der Waals surface area contributed by atoms with Crippen molar-refractivity contribution in [1.82, 2.24) is 0 Å².